The molecule has 1 aromatic heterocycles. The van der Waals surface area contributed by atoms with E-state index < -0.39 is 5.91 Å². The first-order valence-electron chi connectivity index (χ1n) is 8.89. The Hall–Kier alpha value is -3.35. The van der Waals surface area contributed by atoms with Crippen LogP contribution in [0.15, 0.2) is 65.3 Å². The van der Waals surface area contributed by atoms with Gasteiger partial charge in [-0.1, -0.05) is 42.1 Å². The molecule has 1 amide bonds. The number of para-hydroxylation sites is 1. The van der Waals surface area contributed by atoms with Gasteiger partial charge in [-0.25, -0.2) is 0 Å². The number of benzene rings is 2. The number of nitriles is 1. The largest absolute Gasteiger partial charge is 0.490 e. The van der Waals surface area contributed by atoms with E-state index in [9.17, 15) is 10.1 Å². The third-order valence-electron chi connectivity index (χ3n) is 3.73. The molecule has 9 heteroatoms. The fourth-order valence-corrected chi connectivity index (χ4v) is 3.44. The van der Waals surface area contributed by atoms with Gasteiger partial charge < -0.3 is 9.47 Å². The van der Waals surface area contributed by atoms with Gasteiger partial charge >= 0.3 is 0 Å². The molecule has 0 aliphatic carbocycles. The van der Waals surface area contributed by atoms with Gasteiger partial charge in [-0.05, 0) is 42.2 Å². The quantitative estimate of drug-likeness (QED) is 0.231. The summed E-state index contributed by atoms with van der Waals surface area (Å²) in [7, 11) is 0. The Bertz CT molecular complexity index is 1040. The van der Waals surface area contributed by atoms with Gasteiger partial charge in [0, 0.05) is 11.5 Å². The van der Waals surface area contributed by atoms with Crippen LogP contribution in [0.3, 0.4) is 0 Å². The first kappa shape index (κ1) is 21.4. The molecule has 0 unspecified atom stereocenters. The number of ether oxygens (including phenoxy) is 2. The van der Waals surface area contributed by atoms with E-state index in [1.165, 1.54) is 17.8 Å². The van der Waals surface area contributed by atoms with Crippen LogP contribution < -0.4 is 14.8 Å². The molecule has 1 N–H and O–H groups in total. The molecule has 0 saturated carbocycles. The van der Waals surface area contributed by atoms with Crippen molar-refractivity contribution < 1.29 is 14.3 Å². The van der Waals surface area contributed by atoms with Crippen LogP contribution in [-0.4, -0.2) is 34.7 Å². The number of nitrogens with zero attached hydrogens (tertiary/aromatic N) is 3. The molecule has 0 bridgehead atoms. The van der Waals surface area contributed by atoms with E-state index in [0.29, 0.717) is 34.8 Å². The maximum Gasteiger partial charge on any atom is 0.268 e. The highest BCUT2D eigenvalue weighted by atomic mass is 32.2. The predicted octanol–water partition coefficient (Wildman–Crippen LogP) is 4.26. The van der Waals surface area contributed by atoms with Crippen molar-refractivity contribution >= 4 is 40.4 Å². The Morgan fingerprint density at radius 2 is 1.80 bits per heavy atom. The van der Waals surface area contributed by atoms with Crippen LogP contribution in [0.1, 0.15) is 5.56 Å². The molecule has 3 aromatic rings. The van der Waals surface area contributed by atoms with Crippen molar-refractivity contribution in [2.45, 2.75) is 5.16 Å². The first-order chi connectivity index (χ1) is 14.7. The van der Waals surface area contributed by atoms with Gasteiger partial charge in [-0.15, -0.1) is 0 Å². The number of hydrogen-bond acceptors (Lipinski definition) is 8. The Kier molecular flexibility index (Phi) is 7.83. The zero-order chi connectivity index (χ0) is 21.2. The number of aromatic nitrogens is 2. The smallest absolute Gasteiger partial charge is 0.268 e. The van der Waals surface area contributed by atoms with E-state index in [-0.39, 0.29) is 5.57 Å². The average Bonchev–Trinajstić information content (AvgIpc) is 3.24. The summed E-state index contributed by atoms with van der Waals surface area (Å²) in [6.07, 6.45) is 3.35. The SMILES string of the molecule is CSc1nsc(NC(=O)/C(C#N)=C\c2ccc(OCCOc3ccccc3)cc2)n1. The maximum absolute atomic E-state index is 12.3. The summed E-state index contributed by atoms with van der Waals surface area (Å²) in [4.78, 5) is 16.4. The van der Waals surface area contributed by atoms with Crippen molar-refractivity contribution in [2.24, 2.45) is 0 Å². The van der Waals surface area contributed by atoms with Crippen molar-refractivity contribution in [3.05, 3.63) is 65.7 Å². The molecule has 0 aliphatic rings. The zero-order valence-corrected chi connectivity index (χ0v) is 17.7. The molecular formula is C21H18N4O3S2. The van der Waals surface area contributed by atoms with Crippen LogP contribution in [0.4, 0.5) is 5.13 Å². The third-order valence-corrected chi connectivity index (χ3v) is 5.02. The van der Waals surface area contributed by atoms with Gasteiger partial charge in [0.1, 0.15) is 36.4 Å². The highest BCUT2D eigenvalue weighted by Gasteiger charge is 2.12. The number of hydrogen-bond donors (Lipinski definition) is 1. The third kappa shape index (κ3) is 6.34. The van der Waals surface area contributed by atoms with Gasteiger partial charge in [0.15, 0.2) is 0 Å². The topological polar surface area (TPSA) is 97.1 Å². The summed E-state index contributed by atoms with van der Waals surface area (Å²) in [5.41, 5.74) is 0.678. The van der Waals surface area contributed by atoms with Crippen LogP contribution in [0.5, 0.6) is 11.5 Å². The van der Waals surface area contributed by atoms with Gasteiger partial charge in [0.2, 0.25) is 10.3 Å². The van der Waals surface area contributed by atoms with E-state index >= 15 is 0 Å². The zero-order valence-electron chi connectivity index (χ0n) is 16.1. The summed E-state index contributed by atoms with van der Waals surface area (Å²) in [6, 6.07) is 18.5. The Labute approximate surface area is 182 Å². The fourth-order valence-electron chi connectivity index (χ4n) is 2.32. The Morgan fingerprint density at radius 3 is 2.40 bits per heavy atom. The molecule has 0 atom stereocenters. The first-order valence-corrected chi connectivity index (χ1v) is 10.9. The Morgan fingerprint density at radius 1 is 1.13 bits per heavy atom. The Balaban J connectivity index is 1.52. The number of anilines is 1. The molecule has 30 heavy (non-hydrogen) atoms. The fraction of sp³-hybridized carbons (Fsp3) is 0.143. The van der Waals surface area contributed by atoms with Gasteiger partial charge in [0.25, 0.3) is 5.91 Å². The van der Waals surface area contributed by atoms with E-state index in [1.54, 1.807) is 24.3 Å². The standard InChI is InChI=1S/C21H18N4O3S2/c1-29-21-24-20(30-25-21)23-19(26)16(14-22)13-15-7-9-18(10-8-15)28-12-11-27-17-5-3-2-4-6-17/h2-10,13H,11-12H2,1H3,(H,23,24,25,26)/b16-13-. The molecule has 0 saturated heterocycles. The number of carbonyl (C=O) groups is 1. The van der Waals surface area contributed by atoms with Crippen molar-refractivity contribution in [1.82, 2.24) is 9.36 Å². The van der Waals surface area contributed by atoms with Crippen molar-refractivity contribution in [2.75, 3.05) is 24.8 Å². The highest BCUT2D eigenvalue weighted by molar-refractivity contribution is 7.98. The second-order valence-corrected chi connectivity index (χ2v) is 7.31. The average molecular weight is 439 g/mol. The molecule has 152 valence electrons. The van der Waals surface area contributed by atoms with Crippen LogP contribution in [0, 0.1) is 11.3 Å². The van der Waals surface area contributed by atoms with E-state index in [0.717, 1.165) is 17.3 Å². The monoisotopic (exact) mass is 438 g/mol. The lowest BCUT2D eigenvalue weighted by Crippen LogP contribution is -2.13. The van der Waals surface area contributed by atoms with Crippen LogP contribution in [-0.2, 0) is 4.79 Å². The second kappa shape index (κ2) is 11.0. The van der Waals surface area contributed by atoms with E-state index in [1.807, 2.05) is 42.7 Å². The van der Waals surface area contributed by atoms with E-state index in [2.05, 4.69) is 14.7 Å². The minimum Gasteiger partial charge on any atom is -0.490 e. The van der Waals surface area contributed by atoms with Crippen molar-refractivity contribution in [3.8, 4) is 17.6 Å². The van der Waals surface area contributed by atoms with Crippen molar-refractivity contribution in [3.63, 3.8) is 0 Å². The number of amides is 1. The molecule has 0 aliphatic heterocycles. The highest BCUT2D eigenvalue weighted by Crippen LogP contribution is 2.19. The van der Waals surface area contributed by atoms with Crippen LogP contribution in [0.2, 0.25) is 0 Å². The summed E-state index contributed by atoms with van der Waals surface area (Å²) >= 11 is 2.45. The van der Waals surface area contributed by atoms with Crippen molar-refractivity contribution in [1.29, 1.82) is 5.26 Å². The normalized spacial score (nSPS) is 10.9. The lowest BCUT2D eigenvalue weighted by atomic mass is 10.1. The number of thioether (sulfide) groups is 1. The lowest BCUT2D eigenvalue weighted by molar-refractivity contribution is -0.112. The second-order valence-electron chi connectivity index (χ2n) is 5.79. The van der Waals surface area contributed by atoms with Crippen LogP contribution in [0.25, 0.3) is 6.08 Å². The molecule has 0 fully saturated rings. The lowest BCUT2D eigenvalue weighted by Gasteiger charge is -2.08. The summed E-state index contributed by atoms with van der Waals surface area (Å²) in [5.74, 6) is 0.937. The summed E-state index contributed by atoms with van der Waals surface area (Å²) < 4.78 is 15.3. The van der Waals surface area contributed by atoms with Gasteiger partial charge in [0.05, 0.1) is 0 Å². The molecule has 0 spiro atoms. The predicted molar refractivity (Wildman–Crippen MR) is 118 cm³/mol. The number of rotatable bonds is 9. The number of nitrogens with one attached hydrogen (secondary N) is 1. The number of carbonyl (C=O) groups excluding carboxylic acids is 1. The molecule has 0 radical (unpaired) electrons. The van der Waals surface area contributed by atoms with Gasteiger partial charge in [-0.3, -0.25) is 10.1 Å². The molecule has 2 aromatic carbocycles. The van der Waals surface area contributed by atoms with Crippen LogP contribution >= 0.6 is 23.3 Å². The summed E-state index contributed by atoms with van der Waals surface area (Å²) in [6.45, 7) is 0.824. The molecule has 3 rings (SSSR count). The molecule has 7 nitrogen and oxygen atoms in total. The summed E-state index contributed by atoms with van der Waals surface area (Å²) in [5, 5.41) is 12.8. The van der Waals surface area contributed by atoms with Gasteiger partial charge in [-0.2, -0.15) is 14.6 Å². The molecular weight excluding hydrogens is 420 g/mol. The minimum absolute atomic E-state index is 0.0270. The minimum atomic E-state index is -0.528. The maximum atomic E-state index is 12.3. The van der Waals surface area contributed by atoms with E-state index in [4.69, 9.17) is 9.47 Å². The molecule has 1 heterocycles.